The zero-order chi connectivity index (χ0) is 11.8. The Hall–Kier alpha value is -1.33. The van der Waals surface area contributed by atoms with Gasteiger partial charge in [-0.15, -0.1) is 0 Å². The molecule has 1 aromatic carbocycles. The second-order valence-electron chi connectivity index (χ2n) is 3.66. The highest BCUT2D eigenvalue weighted by atomic mass is 32.2. The molecule has 0 fully saturated rings. The first-order valence-corrected chi connectivity index (χ1v) is 6.72. The van der Waals surface area contributed by atoms with Crippen molar-refractivity contribution >= 4 is 21.0 Å². The molecule has 0 saturated carbocycles. The lowest BCUT2D eigenvalue weighted by molar-refractivity contribution is 0.550. The normalized spacial score (nSPS) is 12.1. The van der Waals surface area contributed by atoms with E-state index in [9.17, 15) is 8.42 Å². The summed E-state index contributed by atoms with van der Waals surface area (Å²) >= 11 is 0. The van der Waals surface area contributed by atoms with Crippen molar-refractivity contribution in [1.29, 1.82) is 0 Å². The van der Waals surface area contributed by atoms with Gasteiger partial charge in [0, 0.05) is 17.4 Å². The molecule has 2 N–H and O–H groups in total. The lowest BCUT2D eigenvalue weighted by Gasteiger charge is -1.98. The van der Waals surface area contributed by atoms with Crippen molar-refractivity contribution in [2.24, 2.45) is 5.14 Å². The Labute approximate surface area is 94.1 Å². The Balaban J connectivity index is 2.65. The number of benzene rings is 1. The minimum absolute atomic E-state index is 0.173. The minimum atomic E-state index is -3.53. The summed E-state index contributed by atoms with van der Waals surface area (Å²) in [7, 11) is -3.53. The van der Waals surface area contributed by atoms with Crippen molar-refractivity contribution < 1.29 is 12.8 Å². The Bertz CT molecular complexity index is 613. The van der Waals surface area contributed by atoms with Crippen LogP contribution in [0.5, 0.6) is 0 Å². The van der Waals surface area contributed by atoms with E-state index in [-0.39, 0.29) is 5.75 Å². The molecule has 0 saturated heterocycles. The van der Waals surface area contributed by atoms with Gasteiger partial charge in [0.2, 0.25) is 10.0 Å². The number of rotatable bonds is 3. The van der Waals surface area contributed by atoms with Gasteiger partial charge < -0.3 is 4.42 Å². The van der Waals surface area contributed by atoms with Gasteiger partial charge in [-0.2, -0.15) is 0 Å². The van der Waals surface area contributed by atoms with Gasteiger partial charge in [0.1, 0.15) is 11.3 Å². The molecule has 0 aliphatic heterocycles. The predicted molar refractivity (Wildman–Crippen MR) is 62.4 cm³/mol. The number of fused-ring (bicyclic) bond motifs is 1. The van der Waals surface area contributed by atoms with Crippen LogP contribution in [0.15, 0.2) is 28.7 Å². The molecule has 0 radical (unpaired) electrons. The summed E-state index contributed by atoms with van der Waals surface area (Å²) in [4.78, 5) is 0. The van der Waals surface area contributed by atoms with Gasteiger partial charge in [-0.1, -0.05) is 25.1 Å². The fraction of sp³-hybridized carbons (Fsp3) is 0.273. The SMILES string of the molecule is CCc1oc2ccccc2c1CS(N)(=O)=O. The highest BCUT2D eigenvalue weighted by Gasteiger charge is 2.16. The number of hydrogen-bond acceptors (Lipinski definition) is 3. The lowest BCUT2D eigenvalue weighted by atomic mass is 10.1. The molecule has 2 aromatic rings. The van der Waals surface area contributed by atoms with Crippen molar-refractivity contribution in [3.05, 3.63) is 35.6 Å². The van der Waals surface area contributed by atoms with Crippen LogP contribution in [0, 0.1) is 0 Å². The van der Waals surface area contributed by atoms with Crippen LogP contribution in [-0.4, -0.2) is 8.42 Å². The maximum atomic E-state index is 11.1. The van der Waals surface area contributed by atoms with Crippen molar-refractivity contribution in [3.63, 3.8) is 0 Å². The van der Waals surface area contributed by atoms with Gasteiger partial charge in [-0.25, -0.2) is 13.6 Å². The number of hydrogen-bond donors (Lipinski definition) is 1. The fourth-order valence-corrected chi connectivity index (χ4v) is 2.51. The zero-order valence-electron chi connectivity index (χ0n) is 8.93. The molecule has 86 valence electrons. The number of furan rings is 1. The van der Waals surface area contributed by atoms with E-state index in [4.69, 9.17) is 9.56 Å². The Morgan fingerprint density at radius 2 is 2.00 bits per heavy atom. The van der Waals surface area contributed by atoms with Crippen LogP contribution >= 0.6 is 0 Å². The summed E-state index contributed by atoms with van der Waals surface area (Å²) in [6, 6.07) is 7.37. The molecule has 5 heteroatoms. The highest BCUT2D eigenvalue weighted by molar-refractivity contribution is 7.88. The van der Waals surface area contributed by atoms with Gasteiger partial charge in [0.25, 0.3) is 0 Å². The molecule has 0 aliphatic carbocycles. The highest BCUT2D eigenvalue weighted by Crippen LogP contribution is 2.27. The van der Waals surface area contributed by atoms with Crippen molar-refractivity contribution in [1.82, 2.24) is 0 Å². The molecule has 1 heterocycles. The first kappa shape index (κ1) is 11.2. The molecular weight excluding hydrogens is 226 g/mol. The number of primary sulfonamides is 1. The number of nitrogens with two attached hydrogens (primary N) is 1. The van der Waals surface area contributed by atoms with Crippen LogP contribution in [0.25, 0.3) is 11.0 Å². The molecule has 0 amide bonds. The van der Waals surface area contributed by atoms with E-state index in [0.717, 1.165) is 5.39 Å². The molecule has 1 aromatic heterocycles. The van der Waals surface area contributed by atoms with Gasteiger partial charge in [-0.3, -0.25) is 0 Å². The van der Waals surface area contributed by atoms with Crippen LogP contribution in [0.2, 0.25) is 0 Å². The van der Waals surface area contributed by atoms with Crippen molar-refractivity contribution in [2.45, 2.75) is 19.1 Å². The van der Waals surface area contributed by atoms with Crippen LogP contribution < -0.4 is 5.14 Å². The van der Waals surface area contributed by atoms with E-state index in [1.165, 1.54) is 0 Å². The summed E-state index contributed by atoms with van der Waals surface area (Å²) in [5.41, 5.74) is 1.39. The summed E-state index contributed by atoms with van der Waals surface area (Å²) in [5.74, 6) is 0.517. The average Bonchev–Trinajstić information content (AvgIpc) is 2.55. The van der Waals surface area contributed by atoms with Crippen molar-refractivity contribution in [3.8, 4) is 0 Å². The number of sulfonamides is 1. The summed E-state index contributed by atoms with van der Waals surface area (Å²) in [6.07, 6.45) is 0.652. The summed E-state index contributed by atoms with van der Waals surface area (Å²) in [6.45, 7) is 1.92. The fourth-order valence-electron chi connectivity index (χ4n) is 1.79. The third kappa shape index (κ3) is 2.10. The van der Waals surface area contributed by atoms with E-state index < -0.39 is 10.0 Å². The molecule has 0 spiro atoms. The standard InChI is InChI=1S/C11H13NO3S/c1-2-10-9(7-16(12,13)14)8-5-3-4-6-11(8)15-10/h3-6H,2,7H2,1H3,(H2,12,13,14). The number of para-hydroxylation sites is 1. The molecule has 0 aliphatic rings. The molecule has 4 nitrogen and oxygen atoms in total. The molecule has 16 heavy (non-hydrogen) atoms. The van der Waals surface area contributed by atoms with Crippen LogP contribution in [0.3, 0.4) is 0 Å². The first-order valence-electron chi connectivity index (χ1n) is 5.01. The second kappa shape index (κ2) is 3.92. The maximum Gasteiger partial charge on any atom is 0.213 e. The largest absolute Gasteiger partial charge is 0.461 e. The maximum absolute atomic E-state index is 11.1. The summed E-state index contributed by atoms with van der Waals surface area (Å²) < 4.78 is 27.9. The smallest absolute Gasteiger partial charge is 0.213 e. The van der Waals surface area contributed by atoms with Gasteiger partial charge in [-0.05, 0) is 6.07 Å². The average molecular weight is 239 g/mol. The minimum Gasteiger partial charge on any atom is -0.461 e. The second-order valence-corrected chi connectivity index (χ2v) is 5.28. The van der Waals surface area contributed by atoms with E-state index in [2.05, 4.69) is 0 Å². The topological polar surface area (TPSA) is 73.3 Å². The quantitative estimate of drug-likeness (QED) is 0.887. The summed E-state index contributed by atoms with van der Waals surface area (Å²) in [5, 5.41) is 5.90. The van der Waals surface area contributed by atoms with Gasteiger partial charge in [0.05, 0.1) is 5.75 Å². The van der Waals surface area contributed by atoms with Crippen LogP contribution in [0.4, 0.5) is 0 Å². The number of aryl methyl sites for hydroxylation is 1. The Morgan fingerprint density at radius 3 is 2.62 bits per heavy atom. The zero-order valence-corrected chi connectivity index (χ0v) is 9.75. The predicted octanol–water partition coefficient (Wildman–Crippen LogP) is 1.78. The van der Waals surface area contributed by atoms with Gasteiger partial charge in [0.15, 0.2) is 0 Å². The Kier molecular flexibility index (Phi) is 2.73. The van der Waals surface area contributed by atoms with Crippen LogP contribution in [-0.2, 0) is 22.2 Å². The molecule has 0 unspecified atom stereocenters. The molecular formula is C11H13NO3S. The van der Waals surface area contributed by atoms with E-state index in [0.29, 0.717) is 23.3 Å². The van der Waals surface area contributed by atoms with Crippen LogP contribution in [0.1, 0.15) is 18.2 Å². The molecule has 0 bridgehead atoms. The first-order chi connectivity index (χ1) is 7.51. The van der Waals surface area contributed by atoms with E-state index in [1.54, 1.807) is 0 Å². The third-order valence-corrected chi connectivity index (χ3v) is 3.14. The van der Waals surface area contributed by atoms with Gasteiger partial charge >= 0.3 is 0 Å². The third-order valence-electron chi connectivity index (χ3n) is 2.45. The lowest BCUT2D eigenvalue weighted by Crippen LogP contribution is -2.15. The Morgan fingerprint density at radius 1 is 1.31 bits per heavy atom. The van der Waals surface area contributed by atoms with E-state index >= 15 is 0 Å². The molecule has 0 atom stereocenters. The monoisotopic (exact) mass is 239 g/mol. The van der Waals surface area contributed by atoms with Crippen molar-refractivity contribution in [2.75, 3.05) is 0 Å². The molecule has 2 rings (SSSR count). The van der Waals surface area contributed by atoms with E-state index in [1.807, 2.05) is 31.2 Å².